The highest BCUT2D eigenvalue weighted by Crippen LogP contribution is 2.38. The van der Waals surface area contributed by atoms with E-state index in [9.17, 15) is 9.59 Å². The number of piperazine rings is 1. The highest BCUT2D eigenvalue weighted by Gasteiger charge is 2.31. The van der Waals surface area contributed by atoms with Gasteiger partial charge in [-0.3, -0.25) is 14.5 Å². The molecule has 0 bridgehead atoms. The molecule has 40 heavy (non-hydrogen) atoms. The van der Waals surface area contributed by atoms with Gasteiger partial charge >= 0.3 is 0 Å². The number of nitrogens with one attached hydrogen (secondary N) is 1. The van der Waals surface area contributed by atoms with Crippen molar-refractivity contribution in [3.05, 3.63) is 69.3 Å². The first-order chi connectivity index (χ1) is 19.4. The van der Waals surface area contributed by atoms with Crippen molar-refractivity contribution >= 4 is 39.2 Å². The Hall–Kier alpha value is -2.72. The molecule has 3 aromatic rings. The number of halogens is 1. The van der Waals surface area contributed by atoms with E-state index in [0.717, 1.165) is 86.4 Å². The largest absolute Gasteiger partial charge is 0.385 e. The molecule has 0 aliphatic carbocycles. The fraction of sp³-hybridized carbons (Fsp3) is 0.484. The number of fused-ring (bicyclic) bond motifs is 3. The molecule has 2 aliphatic rings. The molecule has 216 valence electrons. The maximum Gasteiger partial charge on any atom is 0.253 e. The number of carbonyl (C=O) groups excluding carboxylic acids is 2. The molecule has 0 spiro atoms. The number of H-pyrrole nitrogens is 1. The Labute approximate surface area is 246 Å². The van der Waals surface area contributed by atoms with E-state index in [2.05, 4.69) is 61.7 Å². The number of ether oxygens (including phenoxy) is 1. The van der Waals surface area contributed by atoms with Crippen molar-refractivity contribution in [1.29, 1.82) is 0 Å². The molecule has 0 saturated carbocycles. The van der Waals surface area contributed by atoms with E-state index >= 15 is 0 Å². The lowest BCUT2D eigenvalue weighted by Gasteiger charge is -2.35. The van der Waals surface area contributed by atoms with E-state index in [4.69, 9.17) is 0 Å². The number of methoxy groups -OCH3 is 1. The van der Waals surface area contributed by atoms with Crippen molar-refractivity contribution in [2.45, 2.75) is 25.8 Å². The summed E-state index contributed by atoms with van der Waals surface area (Å²) >= 11 is 3.58. The van der Waals surface area contributed by atoms with Gasteiger partial charge in [0.15, 0.2) is 0 Å². The molecule has 2 amide bonds. The number of hydrogen-bond acceptors (Lipinski definition) is 5. The molecule has 1 atom stereocenters. The minimum Gasteiger partial charge on any atom is -0.385 e. The monoisotopic (exact) mass is 611 g/mol. The van der Waals surface area contributed by atoms with E-state index in [1.807, 2.05) is 47.1 Å². The number of amides is 2. The van der Waals surface area contributed by atoms with Crippen LogP contribution in [0, 0.1) is 0 Å². The second kappa shape index (κ2) is 14.3. The third-order valence-electron chi connectivity index (χ3n) is 7.76. The van der Waals surface area contributed by atoms with Gasteiger partial charge in [-0.05, 0) is 88.4 Å². The van der Waals surface area contributed by atoms with Gasteiger partial charge < -0.3 is 24.4 Å². The minimum absolute atomic E-state index is 0.0848. The third kappa shape index (κ3) is 7.13. The molecule has 5 rings (SSSR count). The number of nitrogens with zero attached hydrogens (tertiary/aromatic N) is 4. The molecule has 2 aromatic carbocycles. The van der Waals surface area contributed by atoms with E-state index in [1.165, 1.54) is 10.9 Å². The quantitative estimate of drug-likeness (QED) is 0.382. The van der Waals surface area contributed by atoms with Crippen LogP contribution in [0.1, 0.15) is 46.6 Å². The van der Waals surface area contributed by atoms with Crippen LogP contribution in [-0.4, -0.2) is 111 Å². The van der Waals surface area contributed by atoms with Crippen LogP contribution in [0.3, 0.4) is 0 Å². The highest BCUT2D eigenvalue weighted by atomic mass is 79.9. The summed E-state index contributed by atoms with van der Waals surface area (Å²) in [5.41, 5.74) is 5.11. The standard InChI is InChI=1S/C28H34BrN5O2.C3H8O/c1-31(2)11-3-12-32-14-16-33(17-15-32)28(36)21-6-4-20(5-7-21)27-26-23(10-13-34(27)19-35)24-18-22(29)8-9-25(24)30-26;1-3-4-2/h4-9,18-19,27,30H,3,10-17H2,1-2H3;3H2,1-2H3. The lowest BCUT2D eigenvalue weighted by molar-refractivity contribution is -0.120. The Kier molecular flexibility index (Phi) is 10.8. The molecule has 1 saturated heterocycles. The first kappa shape index (κ1) is 30.2. The summed E-state index contributed by atoms with van der Waals surface area (Å²) in [5, 5.41) is 1.20. The Bertz CT molecular complexity index is 1270. The van der Waals surface area contributed by atoms with Gasteiger partial charge in [-0.1, -0.05) is 28.1 Å². The molecule has 3 heterocycles. The minimum atomic E-state index is -0.188. The Balaban J connectivity index is 0.000000867. The summed E-state index contributed by atoms with van der Waals surface area (Å²) < 4.78 is 5.59. The lowest BCUT2D eigenvalue weighted by atomic mass is 9.92. The van der Waals surface area contributed by atoms with Crippen molar-refractivity contribution in [2.75, 3.05) is 73.6 Å². The first-order valence-corrected chi connectivity index (χ1v) is 14.9. The molecule has 1 aromatic heterocycles. The SMILES string of the molecule is CCOC.CN(C)CCCN1CCN(C(=O)c2ccc(C3c4[nH]c5ccc(Br)cc5c4CCN3C=O)cc2)CC1. The van der Waals surface area contributed by atoms with Crippen LogP contribution in [0.4, 0.5) is 0 Å². The van der Waals surface area contributed by atoms with Gasteiger partial charge in [0.1, 0.15) is 0 Å². The van der Waals surface area contributed by atoms with Gasteiger partial charge in [-0.15, -0.1) is 0 Å². The molecule has 1 N–H and O–H groups in total. The summed E-state index contributed by atoms with van der Waals surface area (Å²) in [4.78, 5) is 37.2. The summed E-state index contributed by atoms with van der Waals surface area (Å²) in [7, 11) is 5.88. The van der Waals surface area contributed by atoms with Crippen LogP contribution in [-0.2, 0) is 16.0 Å². The second-order valence-corrected chi connectivity index (χ2v) is 11.6. The zero-order chi connectivity index (χ0) is 28.6. The number of rotatable bonds is 8. The maximum absolute atomic E-state index is 13.2. The summed E-state index contributed by atoms with van der Waals surface area (Å²) in [5.74, 6) is 0.0848. The fourth-order valence-corrected chi connectivity index (χ4v) is 5.89. The van der Waals surface area contributed by atoms with E-state index < -0.39 is 0 Å². The number of aromatic nitrogens is 1. The number of hydrogen-bond donors (Lipinski definition) is 1. The third-order valence-corrected chi connectivity index (χ3v) is 8.26. The van der Waals surface area contributed by atoms with Crippen molar-refractivity contribution in [3.63, 3.8) is 0 Å². The predicted octanol–water partition coefficient (Wildman–Crippen LogP) is 4.40. The number of aromatic amines is 1. The zero-order valence-electron chi connectivity index (χ0n) is 24.2. The van der Waals surface area contributed by atoms with Crippen molar-refractivity contribution < 1.29 is 14.3 Å². The molecule has 9 heteroatoms. The molecule has 0 radical (unpaired) electrons. The van der Waals surface area contributed by atoms with Crippen LogP contribution >= 0.6 is 15.9 Å². The summed E-state index contributed by atoms with van der Waals surface area (Å²) in [6.45, 7) is 8.98. The van der Waals surface area contributed by atoms with E-state index in [0.29, 0.717) is 12.1 Å². The molecule has 2 aliphatic heterocycles. The van der Waals surface area contributed by atoms with Crippen molar-refractivity contribution in [2.24, 2.45) is 0 Å². The average molecular weight is 613 g/mol. The topological polar surface area (TPSA) is 72.1 Å². The number of carbonyl (C=O) groups is 2. The summed E-state index contributed by atoms with van der Waals surface area (Å²) in [6, 6.07) is 13.9. The Morgan fingerprint density at radius 1 is 1.10 bits per heavy atom. The maximum atomic E-state index is 13.2. The van der Waals surface area contributed by atoms with Crippen LogP contribution in [0.5, 0.6) is 0 Å². The molecular formula is C31H42BrN5O3. The number of benzene rings is 2. The Morgan fingerprint density at radius 2 is 1.80 bits per heavy atom. The fourth-order valence-electron chi connectivity index (χ4n) is 5.53. The van der Waals surface area contributed by atoms with Gasteiger partial charge in [0.2, 0.25) is 6.41 Å². The molecule has 1 fully saturated rings. The van der Waals surface area contributed by atoms with Crippen molar-refractivity contribution in [3.8, 4) is 0 Å². The predicted molar refractivity (Wildman–Crippen MR) is 164 cm³/mol. The smallest absolute Gasteiger partial charge is 0.253 e. The van der Waals surface area contributed by atoms with Gasteiger partial charge in [-0.2, -0.15) is 0 Å². The zero-order valence-corrected chi connectivity index (χ0v) is 25.7. The van der Waals surface area contributed by atoms with E-state index in [-0.39, 0.29) is 11.9 Å². The van der Waals surface area contributed by atoms with Gasteiger partial charge in [0.25, 0.3) is 5.91 Å². The van der Waals surface area contributed by atoms with Gasteiger partial charge in [0.05, 0.1) is 6.04 Å². The average Bonchev–Trinajstić information content (AvgIpc) is 3.34. The normalized spacial score (nSPS) is 17.5. The Morgan fingerprint density at radius 3 is 2.42 bits per heavy atom. The first-order valence-electron chi connectivity index (χ1n) is 14.1. The van der Waals surface area contributed by atoms with Gasteiger partial charge in [0, 0.05) is 73.1 Å². The second-order valence-electron chi connectivity index (χ2n) is 10.7. The van der Waals surface area contributed by atoms with E-state index in [1.54, 1.807) is 7.11 Å². The molecular weight excluding hydrogens is 570 g/mol. The van der Waals surface area contributed by atoms with Crippen LogP contribution in [0.25, 0.3) is 10.9 Å². The van der Waals surface area contributed by atoms with Crippen molar-refractivity contribution in [1.82, 2.24) is 24.6 Å². The highest BCUT2D eigenvalue weighted by molar-refractivity contribution is 9.10. The summed E-state index contributed by atoms with van der Waals surface area (Å²) in [6.07, 6.45) is 2.90. The van der Waals surface area contributed by atoms with Crippen LogP contribution < -0.4 is 0 Å². The molecule has 1 unspecified atom stereocenters. The van der Waals surface area contributed by atoms with Crippen LogP contribution in [0.2, 0.25) is 0 Å². The van der Waals surface area contributed by atoms with Gasteiger partial charge in [-0.25, -0.2) is 0 Å². The van der Waals surface area contributed by atoms with Crippen LogP contribution in [0.15, 0.2) is 46.9 Å². The lowest BCUT2D eigenvalue weighted by Crippen LogP contribution is -2.49. The molecule has 8 nitrogen and oxygen atoms in total.